The number of carbonyl (C=O) groups excluding carboxylic acids is 2. The molecule has 5 nitrogen and oxygen atoms in total. The van der Waals surface area contributed by atoms with Crippen molar-refractivity contribution in [2.75, 3.05) is 12.3 Å². The predicted octanol–water partition coefficient (Wildman–Crippen LogP) is 1.83. The van der Waals surface area contributed by atoms with E-state index >= 15 is 0 Å². The van der Waals surface area contributed by atoms with Crippen LogP contribution in [0.1, 0.15) is 38.7 Å². The minimum absolute atomic E-state index is 0.0873. The van der Waals surface area contributed by atoms with Crippen LogP contribution in [0.4, 0.5) is 5.69 Å². The van der Waals surface area contributed by atoms with Crippen LogP contribution in [0.3, 0.4) is 0 Å². The van der Waals surface area contributed by atoms with E-state index in [2.05, 4.69) is 5.32 Å². The molecule has 20 heavy (non-hydrogen) atoms. The van der Waals surface area contributed by atoms with Gasteiger partial charge in [-0.05, 0) is 38.5 Å². The Hall–Kier alpha value is -2.04. The molecule has 0 aliphatic rings. The number of esters is 1. The Morgan fingerprint density at radius 3 is 2.60 bits per heavy atom. The van der Waals surface area contributed by atoms with Crippen LogP contribution in [0.5, 0.6) is 0 Å². The van der Waals surface area contributed by atoms with Crippen molar-refractivity contribution in [1.82, 2.24) is 5.32 Å². The topological polar surface area (TPSA) is 81.4 Å². The lowest BCUT2D eigenvalue weighted by Gasteiger charge is -2.13. The van der Waals surface area contributed by atoms with Crippen LogP contribution in [0.25, 0.3) is 0 Å². The summed E-state index contributed by atoms with van der Waals surface area (Å²) >= 11 is 0. The van der Waals surface area contributed by atoms with Gasteiger partial charge in [0.05, 0.1) is 12.3 Å². The third-order valence-corrected chi connectivity index (χ3v) is 2.79. The first-order valence-corrected chi connectivity index (χ1v) is 6.71. The number of hydrogen-bond donors (Lipinski definition) is 2. The molecule has 0 aliphatic carbocycles. The molecule has 0 aliphatic heterocycles. The maximum Gasteiger partial charge on any atom is 0.313 e. The van der Waals surface area contributed by atoms with E-state index in [1.54, 1.807) is 25.1 Å². The summed E-state index contributed by atoms with van der Waals surface area (Å²) in [6, 6.07) is 7.22. The quantitative estimate of drug-likeness (QED) is 0.614. The molecule has 0 spiro atoms. The van der Waals surface area contributed by atoms with E-state index in [1.807, 2.05) is 19.9 Å². The van der Waals surface area contributed by atoms with E-state index in [9.17, 15) is 9.59 Å². The molecule has 0 heterocycles. The molecule has 0 fully saturated rings. The molecule has 0 radical (unpaired) electrons. The molecule has 3 N–H and O–H groups in total. The minimum Gasteiger partial charge on any atom is -0.465 e. The van der Waals surface area contributed by atoms with Gasteiger partial charge in [-0.1, -0.05) is 12.1 Å². The number of anilines is 1. The largest absolute Gasteiger partial charge is 0.465 e. The molecule has 0 saturated carbocycles. The van der Waals surface area contributed by atoms with Gasteiger partial charge < -0.3 is 15.8 Å². The number of nitrogen functional groups attached to an aromatic ring is 1. The zero-order valence-electron chi connectivity index (χ0n) is 12.2. The zero-order valence-corrected chi connectivity index (χ0v) is 12.2. The van der Waals surface area contributed by atoms with Crippen molar-refractivity contribution in [1.29, 1.82) is 0 Å². The van der Waals surface area contributed by atoms with Gasteiger partial charge in [0.1, 0.15) is 6.61 Å². The molecule has 5 heteroatoms. The van der Waals surface area contributed by atoms with Crippen molar-refractivity contribution in [3.63, 3.8) is 0 Å². The Morgan fingerprint density at radius 1 is 1.30 bits per heavy atom. The molecule has 0 aromatic heterocycles. The van der Waals surface area contributed by atoms with Crippen molar-refractivity contribution in [2.24, 2.45) is 0 Å². The number of benzene rings is 1. The predicted molar refractivity (Wildman–Crippen MR) is 78.1 cm³/mol. The number of ether oxygens (including phenoxy) is 1. The fourth-order valence-corrected chi connectivity index (χ4v) is 1.73. The van der Waals surface area contributed by atoms with Gasteiger partial charge in [0, 0.05) is 11.7 Å². The van der Waals surface area contributed by atoms with Crippen LogP contribution in [-0.4, -0.2) is 24.5 Å². The van der Waals surface area contributed by atoms with E-state index in [4.69, 9.17) is 10.5 Å². The van der Waals surface area contributed by atoms with Crippen LogP contribution in [-0.2, 0) is 14.3 Å². The highest BCUT2D eigenvalue weighted by molar-refractivity contribution is 5.79. The maximum atomic E-state index is 11.9. The van der Waals surface area contributed by atoms with Crippen molar-refractivity contribution >= 4 is 17.6 Å². The Bertz CT molecular complexity index is 472. The molecule has 0 bridgehead atoms. The van der Waals surface area contributed by atoms with E-state index in [-0.39, 0.29) is 30.9 Å². The lowest BCUT2D eigenvalue weighted by molar-refractivity contribution is -0.145. The molecule has 110 valence electrons. The van der Waals surface area contributed by atoms with E-state index in [0.29, 0.717) is 5.69 Å². The number of carbonyl (C=O) groups is 2. The van der Waals surface area contributed by atoms with Gasteiger partial charge in [-0.3, -0.25) is 9.59 Å². The molecule has 1 aromatic rings. The Balaban J connectivity index is 2.41. The number of hydrogen-bond acceptors (Lipinski definition) is 4. The van der Waals surface area contributed by atoms with Gasteiger partial charge >= 0.3 is 5.97 Å². The van der Waals surface area contributed by atoms with Crippen LogP contribution in [0.15, 0.2) is 24.3 Å². The third kappa shape index (κ3) is 5.30. The first kappa shape index (κ1) is 16.0. The highest BCUT2D eigenvalue weighted by Gasteiger charge is 2.17. The molecular weight excluding hydrogens is 256 g/mol. The van der Waals surface area contributed by atoms with Gasteiger partial charge in [-0.2, -0.15) is 0 Å². The number of nitrogens with one attached hydrogen (secondary N) is 1. The average Bonchev–Trinajstić information content (AvgIpc) is 2.36. The van der Waals surface area contributed by atoms with Crippen molar-refractivity contribution in [3.05, 3.63) is 29.8 Å². The molecule has 1 rings (SSSR count). The summed E-state index contributed by atoms with van der Waals surface area (Å²) in [5, 5.41) is 2.74. The van der Waals surface area contributed by atoms with Crippen LogP contribution < -0.4 is 11.1 Å². The fourth-order valence-electron chi connectivity index (χ4n) is 1.73. The van der Waals surface area contributed by atoms with E-state index < -0.39 is 5.92 Å². The van der Waals surface area contributed by atoms with Crippen LogP contribution >= 0.6 is 0 Å². The SMILES string of the molecule is CC(C)NC(=O)CCOC(=O)C(C)c1cccc(N)c1. The van der Waals surface area contributed by atoms with Crippen molar-refractivity contribution < 1.29 is 14.3 Å². The van der Waals surface area contributed by atoms with Gasteiger partial charge in [0.15, 0.2) is 0 Å². The van der Waals surface area contributed by atoms with Crippen LogP contribution in [0, 0.1) is 0 Å². The Labute approximate surface area is 119 Å². The van der Waals surface area contributed by atoms with Gasteiger partial charge in [-0.25, -0.2) is 0 Å². The third-order valence-electron chi connectivity index (χ3n) is 2.79. The first-order chi connectivity index (χ1) is 9.40. The normalized spacial score (nSPS) is 12.0. The lowest BCUT2D eigenvalue weighted by atomic mass is 10.0. The standard InChI is InChI=1S/C15H22N2O3/c1-10(2)17-14(18)7-8-20-15(19)11(3)12-5-4-6-13(16)9-12/h4-6,9-11H,7-8,16H2,1-3H3,(H,17,18). The average molecular weight is 278 g/mol. The second-order valence-electron chi connectivity index (χ2n) is 5.03. The molecule has 0 saturated heterocycles. The monoisotopic (exact) mass is 278 g/mol. The summed E-state index contributed by atoms with van der Waals surface area (Å²) in [5.74, 6) is -0.871. The Morgan fingerprint density at radius 2 is 2.00 bits per heavy atom. The van der Waals surface area contributed by atoms with Gasteiger partial charge in [0.25, 0.3) is 0 Å². The summed E-state index contributed by atoms with van der Waals surface area (Å²) in [7, 11) is 0. The van der Waals surface area contributed by atoms with Crippen molar-refractivity contribution in [3.8, 4) is 0 Å². The fraction of sp³-hybridized carbons (Fsp3) is 0.467. The number of nitrogens with two attached hydrogens (primary N) is 1. The summed E-state index contributed by atoms with van der Waals surface area (Å²) in [6.45, 7) is 5.60. The summed E-state index contributed by atoms with van der Waals surface area (Å²) in [4.78, 5) is 23.3. The molecular formula is C15H22N2O3. The highest BCUT2D eigenvalue weighted by Crippen LogP contribution is 2.19. The van der Waals surface area contributed by atoms with Gasteiger partial charge in [0.2, 0.25) is 5.91 Å². The molecule has 1 atom stereocenters. The van der Waals surface area contributed by atoms with Crippen molar-refractivity contribution in [2.45, 2.75) is 39.2 Å². The lowest BCUT2D eigenvalue weighted by Crippen LogP contribution is -2.31. The highest BCUT2D eigenvalue weighted by atomic mass is 16.5. The first-order valence-electron chi connectivity index (χ1n) is 6.71. The second kappa shape index (κ2) is 7.53. The Kier molecular flexibility index (Phi) is 6.03. The summed E-state index contributed by atoms with van der Waals surface area (Å²) in [5.41, 5.74) is 7.09. The number of amides is 1. The van der Waals surface area contributed by atoms with E-state index in [1.165, 1.54) is 0 Å². The van der Waals surface area contributed by atoms with Gasteiger partial charge in [-0.15, -0.1) is 0 Å². The summed E-state index contributed by atoms with van der Waals surface area (Å²) < 4.78 is 5.11. The smallest absolute Gasteiger partial charge is 0.313 e. The minimum atomic E-state index is -0.397. The summed E-state index contributed by atoms with van der Waals surface area (Å²) in [6.07, 6.45) is 0.174. The maximum absolute atomic E-state index is 11.9. The molecule has 1 amide bonds. The molecule has 1 aromatic carbocycles. The van der Waals surface area contributed by atoms with E-state index in [0.717, 1.165) is 5.56 Å². The van der Waals surface area contributed by atoms with Crippen LogP contribution in [0.2, 0.25) is 0 Å². The molecule has 1 unspecified atom stereocenters. The second-order valence-corrected chi connectivity index (χ2v) is 5.03. The zero-order chi connectivity index (χ0) is 15.1. The number of rotatable bonds is 6.